The van der Waals surface area contributed by atoms with Crippen LogP contribution in [0.2, 0.25) is 0 Å². The van der Waals surface area contributed by atoms with Crippen molar-refractivity contribution in [2.24, 2.45) is 0 Å². The van der Waals surface area contributed by atoms with Crippen molar-refractivity contribution in [2.75, 3.05) is 23.9 Å². The molecular weight excluding hydrogens is 282 g/mol. The highest BCUT2D eigenvalue weighted by Gasteiger charge is 1.98. The normalized spacial score (nSPS) is 10.4. The number of halogens is 1. The van der Waals surface area contributed by atoms with Crippen molar-refractivity contribution in [1.29, 1.82) is 0 Å². The molecule has 1 rings (SSSR count). The monoisotopic (exact) mass is 295 g/mol. The van der Waals surface area contributed by atoms with Crippen LogP contribution in [-0.4, -0.2) is 28.8 Å². The fraction of sp³-hybridized carbons (Fsp3) is 0.750. The molecule has 1 heterocycles. The van der Waals surface area contributed by atoms with Crippen molar-refractivity contribution in [3.8, 4) is 0 Å². The smallest absolute Gasteiger partial charge is 0.206 e. The zero-order valence-electron chi connectivity index (χ0n) is 8.12. The number of rotatable bonds is 7. The molecule has 80 valence electrons. The van der Waals surface area contributed by atoms with E-state index in [9.17, 15) is 0 Å². The Labute approximate surface area is 101 Å². The van der Waals surface area contributed by atoms with Crippen molar-refractivity contribution in [3.63, 3.8) is 0 Å². The first-order chi connectivity index (χ1) is 6.83. The van der Waals surface area contributed by atoms with Gasteiger partial charge in [0.15, 0.2) is 3.92 Å². The number of unbranched alkanes of at least 4 members (excludes halogenated alkanes) is 2. The van der Waals surface area contributed by atoms with Crippen LogP contribution in [0.15, 0.2) is 3.92 Å². The molecule has 0 atom stereocenters. The molecule has 0 saturated heterocycles. The highest BCUT2D eigenvalue weighted by molar-refractivity contribution is 9.11. The van der Waals surface area contributed by atoms with Crippen LogP contribution in [0, 0.1) is 0 Å². The molecule has 0 radical (unpaired) electrons. The van der Waals surface area contributed by atoms with Gasteiger partial charge in [-0.3, -0.25) is 0 Å². The number of nitrogens with one attached hydrogen (secondary N) is 1. The summed E-state index contributed by atoms with van der Waals surface area (Å²) in [6, 6.07) is 0. The van der Waals surface area contributed by atoms with Crippen LogP contribution in [-0.2, 0) is 0 Å². The van der Waals surface area contributed by atoms with Crippen molar-refractivity contribution < 1.29 is 0 Å². The topological polar surface area (TPSA) is 37.8 Å². The van der Waals surface area contributed by atoms with E-state index in [1.807, 2.05) is 11.8 Å². The maximum atomic E-state index is 3.96. The van der Waals surface area contributed by atoms with Crippen molar-refractivity contribution in [3.05, 3.63) is 3.92 Å². The van der Waals surface area contributed by atoms with E-state index in [1.54, 1.807) is 0 Å². The van der Waals surface area contributed by atoms with Gasteiger partial charge in [-0.1, -0.05) is 17.8 Å². The molecule has 6 heteroatoms. The molecule has 0 spiro atoms. The van der Waals surface area contributed by atoms with Gasteiger partial charge in [0.1, 0.15) is 0 Å². The fourth-order valence-corrected chi connectivity index (χ4v) is 2.55. The minimum Gasteiger partial charge on any atom is -0.360 e. The molecule has 1 aromatic rings. The summed E-state index contributed by atoms with van der Waals surface area (Å²) in [4.78, 5) is 0. The zero-order valence-corrected chi connectivity index (χ0v) is 11.3. The Balaban J connectivity index is 1.99. The number of anilines is 1. The van der Waals surface area contributed by atoms with E-state index in [0.29, 0.717) is 0 Å². The van der Waals surface area contributed by atoms with Crippen LogP contribution >= 0.6 is 39.0 Å². The Morgan fingerprint density at radius 3 is 2.86 bits per heavy atom. The predicted molar refractivity (Wildman–Crippen MR) is 68.3 cm³/mol. The molecule has 1 aromatic heterocycles. The van der Waals surface area contributed by atoms with Gasteiger partial charge in [0, 0.05) is 6.54 Å². The molecule has 0 aliphatic carbocycles. The van der Waals surface area contributed by atoms with Crippen LogP contribution in [0.1, 0.15) is 19.3 Å². The Bertz CT molecular complexity index is 254. The summed E-state index contributed by atoms with van der Waals surface area (Å²) in [5.74, 6) is 1.27. The van der Waals surface area contributed by atoms with E-state index >= 15 is 0 Å². The Kier molecular flexibility index (Phi) is 6.55. The van der Waals surface area contributed by atoms with Crippen LogP contribution in [0.5, 0.6) is 0 Å². The minimum atomic E-state index is 0.836. The average molecular weight is 296 g/mol. The third-order valence-electron chi connectivity index (χ3n) is 1.70. The lowest BCUT2D eigenvalue weighted by Gasteiger charge is -2.00. The average Bonchev–Trinajstić information content (AvgIpc) is 2.58. The van der Waals surface area contributed by atoms with Gasteiger partial charge in [-0.2, -0.15) is 11.8 Å². The molecule has 0 bridgehead atoms. The van der Waals surface area contributed by atoms with E-state index < -0.39 is 0 Å². The molecule has 1 N–H and O–H groups in total. The predicted octanol–water partition coefficient (Wildman–Crippen LogP) is 3.25. The summed E-state index contributed by atoms with van der Waals surface area (Å²) in [6.07, 6.45) is 5.95. The van der Waals surface area contributed by atoms with Crippen LogP contribution < -0.4 is 5.32 Å². The van der Waals surface area contributed by atoms with E-state index in [4.69, 9.17) is 0 Å². The molecular formula is C8H14BrN3S2. The molecule has 0 amide bonds. The Morgan fingerprint density at radius 1 is 1.36 bits per heavy atom. The maximum Gasteiger partial charge on any atom is 0.206 e. The quantitative estimate of drug-likeness (QED) is 0.784. The van der Waals surface area contributed by atoms with Gasteiger partial charge in [0.25, 0.3) is 0 Å². The SMILES string of the molecule is CSCCCCCNc1nnc(Br)s1. The van der Waals surface area contributed by atoms with Gasteiger partial charge in [-0.05, 0) is 40.8 Å². The second-order valence-electron chi connectivity index (χ2n) is 2.84. The van der Waals surface area contributed by atoms with Gasteiger partial charge in [0.2, 0.25) is 5.13 Å². The fourth-order valence-electron chi connectivity index (χ4n) is 1.02. The molecule has 0 saturated carbocycles. The second kappa shape index (κ2) is 7.48. The number of hydrogen-bond acceptors (Lipinski definition) is 5. The maximum absolute atomic E-state index is 3.96. The molecule has 0 aromatic carbocycles. The van der Waals surface area contributed by atoms with Crippen LogP contribution in [0.4, 0.5) is 5.13 Å². The number of hydrogen-bond donors (Lipinski definition) is 1. The first kappa shape index (κ1) is 12.3. The number of nitrogens with zero attached hydrogens (tertiary/aromatic N) is 2. The lowest BCUT2D eigenvalue weighted by molar-refractivity contribution is 0.748. The van der Waals surface area contributed by atoms with Gasteiger partial charge in [-0.25, -0.2) is 0 Å². The first-order valence-corrected chi connectivity index (χ1v) is 7.55. The Morgan fingerprint density at radius 2 is 2.21 bits per heavy atom. The summed E-state index contributed by atoms with van der Waals surface area (Å²) in [6.45, 7) is 0.996. The van der Waals surface area contributed by atoms with E-state index in [-0.39, 0.29) is 0 Å². The highest BCUT2D eigenvalue weighted by atomic mass is 79.9. The van der Waals surface area contributed by atoms with Gasteiger partial charge in [0.05, 0.1) is 0 Å². The summed E-state index contributed by atoms with van der Waals surface area (Å²) in [7, 11) is 0. The van der Waals surface area contributed by atoms with Crippen molar-refractivity contribution >= 4 is 44.2 Å². The molecule has 0 aliphatic rings. The molecule has 3 nitrogen and oxygen atoms in total. The minimum absolute atomic E-state index is 0.836. The first-order valence-electron chi connectivity index (χ1n) is 4.54. The standard InChI is InChI=1S/C8H14BrN3S2/c1-13-6-4-2-3-5-10-8-12-11-7(9)14-8/h2-6H2,1H3,(H,10,12). The Hall–Kier alpha value is 0.190. The van der Waals surface area contributed by atoms with Crippen LogP contribution in [0.3, 0.4) is 0 Å². The second-order valence-corrected chi connectivity index (χ2v) is 6.08. The number of thioether (sulfide) groups is 1. The van der Waals surface area contributed by atoms with Crippen molar-refractivity contribution in [2.45, 2.75) is 19.3 Å². The van der Waals surface area contributed by atoms with Gasteiger partial charge in [-0.15, -0.1) is 10.2 Å². The summed E-state index contributed by atoms with van der Waals surface area (Å²) >= 11 is 6.73. The van der Waals surface area contributed by atoms with E-state index in [2.05, 4.69) is 37.7 Å². The summed E-state index contributed by atoms with van der Waals surface area (Å²) in [5.41, 5.74) is 0. The third kappa shape index (κ3) is 5.17. The van der Waals surface area contributed by atoms with Crippen molar-refractivity contribution in [1.82, 2.24) is 10.2 Å². The van der Waals surface area contributed by atoms with Gasteiger partial charge < -0.3 is 5.32 Å². The molecule has 0 fully saturated rings. The zero-order chi connectivity index (χ0) is 10.2. The van der Waals surface area contributed by atoms with E-state index in [1.165, 1.54) is 36.4 Å². The van der Waals surface area contributed by atoms with E-state index in [0.717, 1.165) is 15.6 Å². The largest absolute Gasteiger partial charge is 0.360 e. The summed E-state index contributed by atoms with van der Waals surface area (Å²) in [5, 5.41) is 12.0. The number of aromatic nitrogens is 2. The lowest BCUT2D eigenvalue weighted by Crippen LogP contribution is -2.01. The molecule has 14 heavy (non-hydrogen) atoms. The molecule has 0 unspecified atom stereocenters. The summed E-state index contributed by atoms with van der Waals surface area (Å²) < 4.78 is 0.836. The lowest BCUT2D eigenvalue weighted by atomic mass is 10.2. The third-order valence-corrected chi connectivity index (χ3v) is 3.71. The molecule has 0 aliphatic heterocycles. The van der Waals surface area contributed by atoms with Crippen LogP contribution in [0.25, 0.3) is 0 Å². The highest BCUT2D eigenvalue weighted by Crippen LogP contribution is 2.19. The van der Waals surface area contributed by atoms with Gasteiger partial charge >= 0.3 is 0 Å².